The minimum absolute atomic E-state index is 0.356. The molecule has 100 valence electrons. The average Bonchev–Trinajstić information content (AvgIpc) is 2.38. The van der Waals surface area contributed by atoms with Gasteiger partial charge in [0.05, 0.1) is 21.8 Å². The topological polar surface area (TPSA) is 61.0 Å². The Morgan fingerprint density at radius 3 is 2.68 bits per heavy atom. The summed E-state index contributed by atoms with van der Waals surface area (Å²) in [5, 5.41) is 0.631. The number of hydrogen-bond acceptors (Lipinski definition) is 4. The van der Waals surface area contributed by atoms with Gasteiger partial charge in [-0.05, 0) is 50.1 Å². The van der Waals surface area contributed by atoms with Gasteiger partial charge in [0, 0.05) is 17.1 Å². The second kappa shape index (κ2) is 6.17. The lowest BCUT2D eigenvalue weighted by atomic mass is 10.2. The molecule has 0 saturated heterocycles. The van der Waals surface area contributed by atoms with Crippen LogP contribution in [-0.4, -0.2) is 17.1 Å². The minimum atomic E-state index is 0.356. The number of benzene rings is 1. The van der Waals surface area contributed by atoms with Gasteiger partial charge in [0.15, 0.2) is 5.82 Å². The zero-order valence-corrected chi connectivity index (χ0v) is 13.9. The third kappa shape index (κ3) is 3.25. The van der Waals surface area contributed by atoms with Gasteiger partial charge in [-0.25, -0.2) is 9.97 Å². The number of nitrogen functional groups attached to an aromatic ring is 1. The molecule has 0 spiro atoms. The molecule has 1 aromatic carbocycles. The van der Waals surface area contributed by atoms with Crippen molar-refractivity contribution in [3.8, 4) is 11.4 Å². The van der Waals surface area contributed by atoms with Gasteiger partial charge in [0.2, 0.25) is 0 Å². The Kier molecular flexibility index (Phi) is 4.78. The van der Waals surface area contributed by atoms with Crippen LogP contribution in [0.1, 0.15) is 5.69 Å². The van der Waals surface area contributed by atoms with Crippen LogP contribution in [0, 0.1) is 0 Å². The maximum atomic E-state index is 5.97. The second-order valence-electron chi connectivity index (χ2n) is 3.76. The Morgan fingerprint density at radius 1 is 1.32 bits per heavy atom. The van der Waals surface area contributed by atoms with Crippen molar-refractivity contribution in [3.05, 3.63) is 37.9 Å². The number of nitrogens with two attached hydrogens (primary N) is 1. The van der Waals surface area contributed by atoms with Crippen LogP contribution in [0.2, 0.25) is 5.02 Å². The summed E-state index contributed by atoms with van der Waals surface area (Å²) >= 11 is 12.7. The molecule has 0 aliphatic heterocycles. The largest absolute Gasteiger partial charge is 0.383 e. The van der Waals surface area contributed by atoms with Crippen molar-refractivity contribution in [1.82, 2.24) is 9.97 Å². The van der Waals surface area contributed by atoms with E-state index in [0.717, 1.165) is 10.0 Å². The number of nitrogens with zero attached hydrogens (tertiary/aromatic N) is 2. The van der Waals surface area contributed by atoms with Gasteiger partial charge >= 0.3 is 0 Å². The van der Waals surface area contributed by atoms with Gasteiger partial charge in [-0.3, -0.25) is 0 Å². The molecule has 0 fully saturated rings. The molecular weight excluding hydrogens is 397 g/mol. The van der Waals surface area contributed by atoms with E-state index in [1.54, 1.807) is 13.2 Å². The smallest absolute Gasteiger partial charge is 0.161 e. The summed E-state index contributed by atoms with van der Waals surface area (Å²) in [6.07, 6.45) is 0. The first kappa shape index (κ1) is 14.7. The predicted octanol–water partition coefficient (Wildman–Crippen LogP) is 4.05. The molecule has 0 bridgehead atoms. The van der Waals surface area contributed by atoms with Crippen molar-refractivity contribution >= 4 is 49.3 Å². The lowest BCUT2D eigenvalue weighted by molar-refractivity contribution is 0.181. The molecule has 2 aromatic rings. The number of ether oxygens (including phenoxy) is 1. The van der Waals surface area contributed by atoms with Gasteiger partial charge in [-0.15, -0.1) is 0 Å². The van der Waals surface area contributed by atoms with Gasteiger partial charge < -0.3 is 10.5 Å². The van der Waals surface area contributed by atoms with Crippen molar-refractivity contribution in [3.63, 3.8) is 0 Å². The van der Waals surface area contributed by atoms with Crippen LogP contribution < -0.4 is 5.73 Å². The van der Waals surface area contributed by atoms with E-state index in [0.29, 0.717) is 33.4 Å². The molecule has 2 rings (SSSR count). The lowest BCUT2D eigenvalue weighted by Crippen LogP contribution is -2.03. The molecular formula is C12H10Br2ClN3O. The summed E-state index contributed by atoms with van der Waals surface area (Å²) in [5.41, 5.74) is 7.40. The summed E-state index contributed by atoms with van der Waals surface area (Å²) in [7, 11) is 1.60. The summed E-state index contributed by atoms with van der Waals surface area (Å²) in [6.45, 7) is 0.356. The first-order chi connectivity index (χ1) is 9.02. The molecule has 0 aliphatic rings. The molecule has 0 aliphatic carbocycles. The molecule has 4 nitrogen and oxygen atoms in total. The normalized spacial score (nSPS) is 10.7. The van der Waals surface area contributed by atoms with Gasteiger partial charge in [0.1, 0.15) is 5.82 Å². The highest BCUT2D eigenvalue weighted by atomic mass is 79.9. The number of hydrogen-bond donors (Lipinski definition) is 1. The van der Waals surface area contributed by atoms with Crippen LogP contribution in [0.15, 0.2) is 27.1 Å². The van der Waals surface area contributed by atoms with E-state index in [-0.39, 0.29) is 0 Å². The highest BCUT2D eigenvalue weighted by Crippen LogP contribution is 2.30. The fourth-order valence-electron chi connectivity index (χ4n) is 1.51. The number of aromatic nitrogens is 2. The number of rotatable bonds is 3. The fraction of sp³-hybridized carbons (Fsp3) is 0.167. The summed E-state index contributed by atoms with van der Waals surface area (Å²) in [6, 6.07) is 5.46. The monoisotopic (exact) mass is 405 g/mol. The van der Waals surface area contributed by atoms with Gasteiger partial charge in [-0.1, -0.05) is 11.6 Å². The van der Waals surface area contributed by atoms with E-state index in [4.69, 9.17) is 22.1 Å². The first-order valence-corrected chi connectivity index (χ1v) is 7.25. The summed E-state index contributed by atoms with van der Waals surface area (Å²) < 4.78 is 6.53. The lowest BCUT2D eigenvalue weighted by Gasteiger charge is -2.09. The third-order valence-electron chi connectivity index (χ3n) is 2.40. The van der Waals surface area contributed by atoms with Crippen molar-refractivity contribution < 1.29 is 4.74 Å². The highest BCUT2D eigenvalue weighted by molar-refractivity contribution is 9.11. The molecule has 0 atom stereocenters. The van der Waals surface area contributed by atoms with Crippen LogP contribution in [0.4, 0.5) is 5.82 Å². The van der Waals surface area contributed by atoms with Crippen LogP contribution in [0.25, 0.3) is 11.4 Å². The summed E-state index contributed by atoms with van der Waals surface area (Å²) in [4.78, 5) is 8.69. The third-order valence-corrected chi connectivity index (χ3v) is 4.48. The minimum Gasteiger partial charge on any atom is -0.383 e. The van der Waals surface area contributed by atoms with E-state index in [9.17, 15) is 0 Å². The van der Waals surface area contributed by atoms with Crippen LogP contribution in [-0.2, 0) is 11.3 Å². The van der Waals surface area contributed by atoms with Gasteiger partial charge in [0.25, 0.3) is 0 Å². The van der Waals surface area contributed by atoms with Gasteiger partial charge in [-0.2, -0.15) is 0 Å². The molecule has 2 N–H and O–H groups in total. The molecule has 19 heavy (non-hydrogen) atoms. The maximum Gasteiger partial charge on any atom is 0.161 e. The number of anilines is 1. The van der Waals surface area contributed by atoms with E-state index in [1.807, 2.05) is 12.1 Å². The number of halogens is 3. The fourth-order valence-corrected chi connectivity index (χ4v) is 2.30. The molecule has 7 heteroatoms. The van der Waals surface area contributed by atoms with E-state index in [2.05, 4.69) is 41.8 Å². The predicted molar refractivity (Wildman–Crippen MR) is 83.0 cm³/mol. The van der Waals surface area contributed by atoms with Crippen LogP contribution in [0.5, 0.6) is 0 Å². The van der Waals surface area contributed by atoms with Crippen LogP contribution >= 0.6 is 43.5 Å². The Bertz CT molecular complexity index is 622. The van der Waals surface area contributed by atoms with Crippen LogP contribution in [0.3, 0.4) is 0 Å². The Balaban J connectivity index is 2.52. The zero-order valence-electron chi connectivity index (χ0n) is 9.95. The van der Waals surface area contributed by atoms with Crippen molar-refractivity contribution in [2.45, 2.75) is 6.61 Å². The Hall–Kier alpha value is -0.690. The molecule has 0 saturated carbocycles. The molecule has 0 radical (unpaired) electrons. The highest BCUT2D eigenvalue weighted by Gasteiger charge is 2.12. The Labute approximate surface area is 132 Å². The summed E-state index contributed by atoms with van der Waals surface area (Å²) in [5.74, 6) is 0.910. The zero-order chi connectivity index (χ0) is 14.0. The molecule has 1 heterocycles. The van der Waals surface area contributed by atoms with Crippen molar-refractivity contribution in [2.75, 3.05) is 12.8 Å². The Morgan fingerprint density at radius 2 is 2.05 bits per heavy atom. The maximum absolute atomic E-state index is 5.97. The molecule has 0 unspecified atom stereocenters. The second-order valence-corrected chi connectivity index (χ2v) is 5.81. The first-order valence-electron chi connectivity index (χ1n) is 5.29. The quantitative estimate of drug-likeness (QED) is 0.834. The average molecular weight is 407 g/mol. The van der Waals surface area contributed by atoms with Crippen molar-refractivity contribution in [1.29, 1.82) is 0 Å². The van der Waals surface area contributed by atoms with E-state index < -0.39 is 0 Å². The number of methoxy groups -OCH3 is 1. The standard InChI is InChI=1S/C12H10Br2ClN3O/c1-19-5-9-10(14)11(16)18-12(17-9)6-2-3-8(15)7(13)4-6/h2-4H,5H2,1H3,(H2,16,17,18). The van der Waals surface area contributed by atoms with E-state index in [1.165, 1.54) is 0 Å². The molecule has 1 aromatic heterocycles. The SMILES string of the molecule is COCc1nc(-c2ccc(Cl)c(Br)c2)nc(N)c1Br. The van der Waals surface area contributed by atoms with Crippen molar-refractivity contribution in [2.24, 2.45) is 0 Å². The van der Waals surface area contributed by atoms with E-state index >= 15 is 0 Å². The molecule has 0 amide bonds.